The Labute approximate surface area is 156 Å². The van der Waals surface area contributed by atoms with Gasteiger partial charge in [-0.05, 0) is 36.1 Å². The van der Waals surface area contributed by atoms with Crippen LogP contribution in [-0.2, 0) is 0 Å². The molecule has 0 aliphatic carbocycles. The second-order valence-electron chi connectivity index (χ2n) is 7.25. The van der Waals surface area contributed by atoms with Crippen LogP contribution in [-0.4, -0.2) is 45.1 Å². The predicted molar refractivity (Wildman–Crippen MR) is 104 cm³/mol. The second-order valence-corrected chi connectivity index (χ2v) is 8.19. The van der Waals surface area contributed by atoms with Gasteiger partial charge in [-0.15, -0.1) is 11.3 Å². The molecule has 2 unspecified atom stereocenters. The topological polar surface area (TPSA) is 69.2 Å². The van der Waals surface area contributed by atoms with Crippen LogP contribution in [0.5, 0.6) is 0 Å². The van der Waals surface area contributed by atoms with Gasteiger partial charge in [-0.1, -0.05) is 13.8 Å². The summed E-state index contributed by atoms with van der Waals surface area (Å²) in [5, 5.41) is 13.7. The van der Waals surface area contributed by atoms with Gasteiger partial charge in [0.15, 0.2) is 0 Å². The number of aliphatic hydroxyl groups is 1. The zero-order valence-corrected chi connectivity index (χ0v) is 15.8. The zero-order valence-electron chi connectivity index (χ0n) is 15.0. The van der Waals surface area contributed by atoms with Crippen molar-refractivity contribution in [1.82, 2.24) is 14.9 Å². The fourth-order valence-electron chi connectivity index (χ4n) is 3.73. The van der Waals surface area contributed by atoms with Crippen molar-refractivity contribution in [2.24, 2.45) is 0 Å². The van der Waals surface area contributed by atoms with Gasteiger partial charge in [-0.2, -0.15) is 0 Å². The van der Waals surface area contributed by atoms with Crippen molar-refractivity contribution < 1.29 is 9.90 Å². The van der Waals surface area contributed by atoms with E-state index in [2.05, 4.69) is 23.8 Å². The van der Waals surface area contributed by atoms with Crippen LogP contribution in [0.25, 0.3) is 11.0 Å². The number of likely N-dealkylation sites (tertiary alicyclic amines) is 1. The lowest BCUT2D eigenvalue weighted by Crippen LogP contribution is -2.45. The van der Waals surface area contributed by atoms with Gasteiger partial charge in [0.1, 0.15) is 5.65 Å². The van der Waals surface area contributed by atoms with E-state index in [-0.39, 0.29) is 11.8 Å². The summed E-state index contributed by atoms with van der Waals surface area (Å²) >= 11 is 1.63. The van der Waals surface area contributed by atoms with Gasteiger partial charge in [0.05, 0.1) is 11.7 Å². The molecule has 0 bridgehead atoms. The lowest BCUT2D eigenvalue weighted by atomic mass is 9.86. The van der Waals surface area contributed by atoms with Crippen LogP contribution in [0, 0.1) is 0 Å². The van der Waals surface area contributed by atoms with E-state index in [1.54, 1.807) is 22.4 Å². The highest BCUT2D eigenvalue weighted by atomic mass is 32.1. The molecule has 1 saturated heterocycles. The molecule has 3 aromatic heterocycles. The van der Waals surface area contributed by atoms with Gasteiger partial charge in [-0.25, -0.2) is 4.98 Å². The molecule has 26 heavy (non-hydrogen) atoms. The van der Waals surface area contributed by atoms with E-state index in [0.717, 1.165) is 28.6 Å². The standard InChI is InChI=1S/C20H23N3O2S/c1-12(2)18-9-13(11-26-18)20(25)23-8-5-15(17(24)10-23)14-3-6-21-19-16(14)4-7-22-19/h3-4,6-7,9,11-12,15,17,24H,5,8,10H2,1-2H3,(H,21,22). The van der Waals surface area contributed by atoms with Crippen LogP contribution >= 0.6 is 11.3 Å². The summed E-state index contributed by atoms with van der Waals surface area (Å²) in [4.78, 5) is 23.2. The Morgan fingerprint density at radius 3 is 3.00 bits per heavy atom. The number of rotatable bonds is 3. The number of nitrogens with zero attached hydrogens (tertiary/aromatic N) is 2. The Balaban J connectivity index is 1.51. The number of carbonyl (C=O) groups excluding carboxylic acids is 1. The van der Waals surface area contributed by atoms with E-state index in [9.17, 15) is 9.90 Å². The number of thiophene rings is 1. The number of hydrogen-bond acceptors (Lipinski definition) is 4. The summed E-state index contributed by atoms with van der Waals surface area (Å²) in [6.45, 7) is 5.28. The minimum Gasteiger partial charge on any atom is -0.391 e. The van der Waals surface area contributed by atoms with Crippen LogP contribution in [0.3, 0.4) is 0 Å². The van der Waals surface area contributed by atoms with Crippen molar-refractivity contribution >= 4 is 28.3 Å². The molecule has 136 valence electrons. The number of aliphatic hydroxyl groups excluding tert-OH is 1. The first-order valence-electron chi connectivity index (χ1n) is 9.02. The van der Waals surface area contributed by atoms with Crippen molar-refractivity contribution in [2.75, 3.05) is 13.1 Å². The molecule has 0 aromatic carbocycles. The first-order chi connectivity index (χ1) is 12.5. The molecule has 1 aliphatic heterocycles. The Hall–Kier alpha value is -2.18. The number of fused-ring (bicyclic) bond motifs is 1. The van der Waals surface area contributed by atoms with Crippen molar-refractivity contribution in [1.29, 1.82) is 0 Å². The summed E-state index contributed by atoms with van der Waals surface area (Å²) in [5.74, 6) is 0.467. The molecular weight excluding hydrogens is 346 g/mol. The molecule has 4 rings (SSSR count). The van der Waals surface area contributed by atoms with Crippen molar-refractivity contribution in [3.05, 3.63) is 52.0 Å². The number of piperidine rings is 1. The third-order valence-electron chi connectivity index (χ3n) is 5.20. The van der Waals surface area contributed by atoms with Crippen molar-refractivity contribution in [3.63, 3.8) is 0 Å². The molecule has 3 aromatic rings. The second kappa shape index (κ2) is 6.85. The monoisotopic (exact) mass is 369 g/mol. The van der Waals surface area contributed by atoms with Crippen LogP contribution < -0.4 is 0 Å². The Morgan fingerprint density at radius 2 is 2.27 bits per heavy atom. The van der Waals surface area contributed by atoms with Gasteiger partial charge < -0.3 is 15.0 Å². The number of H-pyrrole nitrogens is 1. The predicted octanol–water partition coefficient (Wildman–Crippen LogP) is 3.74. The van der Waals surface area contributed by atoms with E-state index in [1.807, 2.05) is 29.8 Å². The number of hydrogen-bond donors (Lipinski definition) is 2. The number of aromatic nitrogens is 2. The van der Waals surface area contributed by atoms with Gasteiger partial charge >= 0.3 is 0 Å². The maximum atomic E-state index is 12.8. The van der Waals surface area contributed by atoms with E-state index in [0.29, 0.717) is 19.0 Å². The van der Waals surface area contributed by atoms with Crippen LogP contribution in [0.2, 0.25) is 0 Å². The van der Waals surface area contributed by atoms with Gasteiger partial charge in [-0.3, -0.25) is 4.79 Å². The zero-order chi connectivity index (χ0) is 18.3. The number of carbonyl (C=O) groups is 1. The SMILES string of the molecule is CC(C)c1cc(C(=O)N2CCC(c3ccnc4[nH]ccc34)C(O)C2)cs1. The molecule has 2 atom stereocenters. The molecule has 0 spiro atoms. The molecule has 1 fully saturated rings. The number of nitrogens with one attached hydrogen (secondary N) is 1. The maximum Gasteiger partial charge on any atom is 0.254 e. The Morgan fingerprint density at radius 1 is 1.42 bits per heavy atom. The average molecular weight is 369 g/mol. The molecule has 4 heterocycles. The summed E-state index contributed by atoms with van der Waals surface area (Å²) in [7, 11) is 0. The maximum absolute atomic E-state index is 12.8. The first kappa shape index (κ1) is 17.2. The largest absolute Gasteiger partial charge is 0.391 e. The fourth-order valence-corrected chi connectivity index (χ4v) is 4.63. The van der Waals surface area contributed by atoms with Gasteiger partial charge in [0.2, 0.25) is 0 Å². The quantitative estimate of drug-likeness (QED) is 0.739. The molecule has 0 saturated carbocycles. The van der Waals surface area contributed by atoms with E-state index in [4.69, 9.17) is 0 Å². The average Bonchev–Trinajstić information content (AvgIpc) is 3.30. The van der Waals surface area contributed by atoms with Crippen LogP contribution in [0.4, 0.5) is 0 Å². The molecule has 6 heteroatoms. The molecule has 1 amide bonds. The van der Waals surface area contributed by atoms with Crippen LogP contribution in [0.1, 0.15) is 52.9 Å². The summed E-state index contributed by atoms with van der Waals surface area (Å²) in [5.41, 5.74) is 2.68. The number of pyridine rings is 1. The lowest BCUT2D eigenvalue weighted by Gasteiger charge is -2.36. The number of aromatic amines is 1. The summed E-state index contributed by atoms with van der Waals surface area (Å²) < 4.78 is 0. The number of β-amino-alcohol motifs (C(OH)–C–C–N with tert-alkyl or cyclic N) is 1. The van der Waals surface area contributed by atoms with Crippen LogP contribution in [0.15, 0.2) is 36.0 Å². The molecule has 2 N–H and O–H groups in total. The first-order valence-corrected chi connectivity index (χ1v) is 9.90. The summed E-state index contributed by atoms with van der Waals surface area (Å²) in [6, 6.07) is 5.97. The minimum absolute atomic E-state index is 0.0205. The van der Waals surface area contributed by atoms with Gasteiger partial charge in [0.25, 0.3) is 5.91 Å². The Kier molecular flexibility index (Phi) is 4.54. The van der Waals surface area contributed by atoms with Crippen molar-refractivity contribution in [2.45, 2.75) is 38.2 Å². The van der Waals surface area contributed by atoms with Crippen molar-refractivity contribution in [3.8, 4) is 0 Å². The van der Waals surface area contributed by atoms with E-state index in [1.165, 1.54) is 4.88 Å². The smallest absolute Gasteiger partial charge is 0.254 e. The summed E-state index contributed by atoms with van der Waals surface area (Å²) in [6.07, 6.45) is 3.82. The highest BCUT2D eigenvalue weighted by molar-refractivity contribution is 7.10. The molecule has 1 aliphatic rings. The van der Waals surface area contributed by atoms with E-state index < -0.39 is 6.10 Å². The molecule has 0 radical (unpaired) electrons. The normalized spacial score (nSPS) is 20.8. The lowest BCUT2D eigenvalue weighted by molar-refractivity contribution is 0.0384. The highest BCUT2D eigenvalue weighted by Crippen LogP contribution is 2.33. The molecule has 5 nitrogen and oxygen atoms in total. The third-order valence-corrected chi connectivity index (χ3v) is 6.43. The fraction of sp³-hybridized carbons (Fsp3) is 0.400. The van der Waals surface area contributed by atoms with Gasteiger partial charge in [0, 0.05) is 47.0 Å². The third kappa shape index (κ3) is 3.04. The van der Waals surface area contributed by atoms with E-state index >= 15 is 0 Å². The highest BCUT2D eigenvalue weighted by Gasteiger charge is 2.32. The minimum atomic E-state index is -0.573. The molecular formula is C20H23N3O2S. The number of amides is 1. The Bertz CT molecular complexity index is 930.